The van der Waals surface area contributed by atoms with E-state index in [4.69, 9.17) is 4.74 Å². The van der Waals surface area contributed by atoms with E-state index < -0.39 is 31.2 Å². The van der Waals surface area contributed by atoms with Crippen LogP contribution in [0.2, 0.25) is 0 Å². The molecule has 2 aromatic carbocycles. The maximum Gasteiger partial charge on any atom is 0.255 e. The van der Waals surface area contributed by atoms with Crippen LogP contribution in [0, 0.1) is 0 Å². The highest BCUT2D eigenvalue weighted by atomic mass is 32.2. The number of sulfonamides is 2. The molecule has 1 aliphatic heterocycles. The molecule has 1 saturated heterocycles. The maximum absolute atomic E-state index is 12.9. The molecule has 0 bridgehead atoms. The lowest BCUT2D eigenvalue weighted by molar-refractivity contribution is -0.0440. The Balaban J connectivity index is 1.67. The first-order valence-electron chi connectivity index (χ1n) is 10.6. The van der Waals surface area contributed by atoms with Crippen LogP contribution in [-0.4, -0.2) is 57.6 Å². The van der Waals surface area contributed by atoms with Crippen LogP contribution in [0.15, 0.2) is 53.4 Å². The van der Waals surface area contributed by atoms with Crippen molar-refractivity contribution < 1.29 is 26.4 Å². The molecule has 33 heavy (non-hydrogen) atoms. The predicted octanol–water partition coefficient (Wildman–Crippen LogP) is 2.89. The van der Waals surface area contributed by atoms with Gasteiger partial charge in [0.25, 0.3) is 5.91 Å². The summed E-state index contributed by atoms with van der Waals surface area (Å²) in [5, 5.41) is 2.13. The standard InChI is InChI=1S/C22H29N3O6S2/c1-15(2)32(27,28)24-20-7-5-18(6-8-20)22(26)23-19-9-11-21(12-10-19)33(29,30)25-13-16(3)31-17(4)14-25/h5-12,15-17,24H,13-14H2,1-4H3,(H,23,26). The van der Waals surface area contributed by atoms with Crippen molar-refractivity contribution in [1.82, 2.24) is 4.31 Å². The van der Waals surface area contributed by atoms with Crippen LogP contribution < -0.4 is 10.0 Å². The summed E-state index contributed by atoms with van der Waals surface area (Å²) in [5.41, 5.74) is 1.13. The molecule has 1 amide bonds. The second-order valence-electron chi connectivity index (χ2n) is 8.33. The van der Waals surface area contributed by atoms with Crippen molar-refractivity contribution in [2.24, 2.45) is 0 Å². The minimum atomic E-state index is -3.67. The molecular formula is C22H29N3O6S2. The monoisotopic (exact) mass is 495 g/mol. The molecule has 9 nitrogen and oxygen atoms in total. The molecule has 180 valence electrons. The molecule has 11 heteroatoms. The number of nitrogens with one attached hydrogen (secondary N) is 2. The van der Waals surface area contributed by atoms with E-state index in [1.807, 2.05) is 13.8 Å². The molecule has 2 atom stereocenters. The van der Waals surface area contributed by atoms with Gasteiger partial charge in [0.1, 0.15) is 0 Å². The fourth-order valence-electron chi connectivity index (χ4n) is 3.36. The third-order valence-electron chi connectivity index (χ3n) is 5.16. The first kappa shape index (κ1) is 25.2. The van der Waals surface area contributed by atoms with Gasteiger partial charge < -0.3 is 10.1 Å². The highest BCUT2D eigenvalue weighted by molar-refractivity contribution is 7.93. The van der Waals surface area contributed by atoms with Gasteiger partial charge in [0.05, 0.1) is 22.4 Å². The Morgan fingerprint density at radius 2 is 1.42 bits per heavy atom. The van der Waals surface area contributed by atoms with Crippen LogP contribution in [0.3, 0.4) is 0 Å². The molecule has 2 N–H and O–H groups in total. The lowest BCUT2D eigenvalue weighted by Gasteiger charge is -2.34. The lowest BCUT2D eigenvalue weighted by Crippen LogP contribution is -2.48. The van der Waals surface area contributed by atoms with Gasteiger partial charge in [-0.25, -0.2) is 16.8 Å². The van der Waals surface area contributed by atoms with Crippen molar-refractivity contribution in [2.75, 3.05) is 23.1 Å². The smallest absolute Gasteiger partial charge is 0.255 e. The Hall–Kier alpha value is -2.47. The SMILES string of the molecule is CC1CN(S(=O)(=O)c2ccc(NC(=O)c3ccc(NS(=O)(=O)C(C)C)cc3)cc2)CC(C)O1. The van der Waals surface area contributed by atoms with Gasteiger partial charge in [0.15, 0.2) is 0 Å². The van der Waals surface area contributed by atoms with Crippen LogP contribution in [0.4, 0.5) is 11.4 Å². The van der Waals surface area contributed by atoms with Crippen LogP contribution in [-0.2, 0) is 24.8 Å². The van der Waals surface area contributed by atoms with Crippen molar-refractivity contribution in [3.05, 3.63) is 54.1 Å². The fourth-order valence-corrected chi connectivity index (χ4v) is 5.65. The predicted molar refractivity (Wildman–Crippen MR) is 127 cm³/mol. The molecule has 0 aromatic heterocycles. The molecule has 0 aliphatic carbocycles. The Morgan fingerprint density at radius 3 is 1.94 bits per heavy atom. The number of ether oxygens (including phenoxy) is 1. The normalized spacial score (nSPS) is 19.9. The first-order valence-corrected chi connectivity index (χ1v) is 13.6. The number of hydrogen-bond acceptors (Lipinski definition) is 6. The largest absolute Gasteiger partial charge is 0.373 e. The van der Waals surface area contributed by atoms with Gasteiger partial charge in [-0.15, -0.1) is 0 Å². The summed E-state index contributed by atoms with van der Waals surface area (Å²) >= 11 is 0. The number of anilines is 2. The third-order valence-corrected chi connectivity index (χ3v) is 8.77. The molecule has 3 rings (SSSR count). The zero-order valence-corrected chi connectivity index (χ0v) is 20.6. The molecule has 1 aliphatic rings. The Morgan fingerprint density at radius 1 is 0.909 bits per heavy atom. The van der Waals surface area contributed by atoms with Gasteiger partial charge in [-0.1, -0.05) is 0 Å². The van der Waals surface area contributed by atoms with Crippen molar-refractivity contribution in [3.8, 4) is 0 Å². The number of morpholine rings is 1. The van der Waals surface area contributed by atoms with E-state index >= 15 is 0 Å². The number of benzene rings is 2. The van der Waals surface area contributed by atoms with E-state index in [0.717, 1.165) is 0 Å². The third kappa shape index (κ3) is 6.11. The van der Waals surface area contributed by atoms with Crippen LogP contribution in [0.25, 0.3) is 0 Å². The Labute approximate surface area is 195 Å². The highest BCUT2D eigenvalue weighted by Crippen LogP contribution is 2.23. The molecule has 1 heterocycles. The van der Waals surface area contributed by atoms with Crippen LogP contribution >= 0.6 is 0 Å². The maximum atomic E-state index is 12.9. The quantitative estimate of drug-likeness (QED) is 0.609. The zero-order chi connectivity index (χ0) is 24.4. The zero-order valence-electron chi connectivity index (χ0n) is 19.0. The average molecular weight is 496 g/mol. The second kappa shape index (κ2) is 9.80. The Bertz CT molecular complexity index is 1180. The van der Waals surface area contributed by atoms with Crippen LogP contribution in [0.1, 0.15) is 38.1 Å². The van der Waals surface area contributed by atoms with Gasteiger partial charge >= 0.3 is 0 Å². The summed E-state index contributed by atoms with van der Waals surface area (Å²) in [6.07, 6.45) is -0.372. The van der Waals surface area contributed by atoms with E-state index in [2.05, 4.69) is 10.0 Å². The average Bonchev–Trinajstić information content (AvgIpc) is 2.73. The van der Waals surface area contributed by atoms with Gasteiger partial charge in [0.2, 0.25) is 20.0 Å². The Kier molecular flexibility index (Phi) is 7.47. The van der Waals surface area contributed by atoms with Gasteiger partial charge in [0, 0.05) is 30.0 Å². The highest BCUT2D eigenvalue weighted by Gasteiger charge is 2.32. The number of nitrogens with zero attached hydrogens (tertiary/aromatic N) is 1. The second-order valence-corrected chi connectivity index (χ2v) is 12.5. The number of carbonyl (C=O) groups excluding carboxylic acids is 1. The molecular weight excluding hydrogens is 466 g/mol. The molecule has 0 radical (unpaired) electrons. The summed E-state index contributed by atoms with van der Waals surface area (Å²) in [7, 11) is -7.14. The summed E-state index contributed by atoms with van der Waals surface area (Å²) < 4.78 is 59.3. The topological polar surface area (TPSA) is 122 Å². The molecule has 2 aromatic rings. The minimum absolute atomic E-state index is 0.142. The summed E-state index contributed by atoms with van der Waals surface area (Å²) in [5.74, 6) is -0.403. The molecule has 1 fully saturated rings. The fraction of sp³-hybridized carbons (Fsp3) is 0.409. The molecule has 0 saturated carbocycles. The van der Waals surface area contributed by atoms with Crippen molar-refractivity contribution in [3.63, 3.8) is 0 Å². The van der Waals surface area contributed by atoms with E-state index in [-0.39, 0.29) is 30.2 Å². The van der Waals surface area contributed by atoms with Crippen LogP contribution in [0.5, 0.6) is 0 Å². The van der Waals surface area contributed by atoms with Crippen molar-refractivity contribution in [1.29, 1.82) is 0 Å². The minimum Gasteiger partial charge on any atom is -0.373 e. The number of rotatable bonds is 7. The summed E-state index contributed by atoms with van der Waals surface area (Å²) in [6, 6.07) is 12.0. The van der Waals surface area contributed by atoms with E-state index in [1.165, 1.54) is 52.8 Å². The van der Waals surface area contributed by atoms with Gasteiger partial charge in [-0.3, -0.25) is 9.52 Å². The lowest BCUT2D eigenvalue weighted by atomic mass is 10.2. The van der Waals surface area contributed by atoms with Gasteiger partial charge in [-0.2, -0.15) is 4.31 Å². The summed E-state index contributed by atoms with van der Waals surface area (Å²) in [6.45, 7) is 7.39. The van der Waals surface area contributed by atoms with Gasteiger partial charge in [-0.05, 0) is 76.2 Å². The van der Waals surface area contributed by atoms with E-state index in [1.54, 1.807) is 13.8 Å². The summed E-state index contributed by atoms with van der Waals surface area (Å²) in [4.78, 5) is 12.7. The molecule has 0 spiro atoms. The number of hydrogen-bond donors (Lipinski definition) is 2. The van der Waals surface area contributed by atoms with E-state index in [0.29, 0.717) is 16.9 Å². The van der Waals surface area contributed by atoms with Crippen molar-refractivity contribution in [2.45, 2.75) is 50.0 Å². The molecule has 2 unspecified atom stereocenters. The number of amides is 1. The van der Waals surface area contributed by atoms with Crippen molar-refractivity contribution >= 4 is 37.3 Å². The first-order chi connectivity index (χ1) is 15.4. The number of carbonyl (C=O) groups is 1. The van der Waals surface area contributed by atoms with E-state index in [9.17, 15) is 21.6 Å².